The van der Waals surface area contributed by atoms with Crippen LogP contribution in [0.3, 0.4) is 0 Å². The molecule has 1 atom stereocenters. The van der Waals surface area contributed by atoms with Crippen LogP contribution >= 0.6 is 0 Å². The Hall–Kier alpha value is -3.16. The van der Waals surface area contributed by atoms with Crippen molar-refractivity contribution < 1.29 is 18.0 Å². The summed E-state index contributed by atoms with van der Waals surface area (Å²) >= 11 is 0. The van der Waals surface area contributed by atoms with E-state index in [-0.39, 0.29) is 23.6 Å². The van der Waals surface area contributed by atoms with E-state index in [1.165, 1.54) is 16.9 Å². The first-order valence-electron chi connectivity index (χ1n) is 9.63. The van der Waals surface area contributed by atoms with Crippen LogP contribution < -0.4 is 5.32 Å². The molecule has 1 aromatic carbocycles. The number of hydrogen-bond donors (Lipinski definition) is 1. The van der Waals surface area contributed by atoms with Crippen LogP contribution in [0.15, 0.2) is 54.9 Å². The van der Waals surface area contributed by atoms with Gasteiger partial charge in [-0.2, -0.15) is 18.3 Å². The summed E-state index contributed by atoms with van der Waals surface area (Å²) in [6.45, 7) is 6.25. The van der Waals surface area contributed by atoms with E-state index in [1.54, 1.807) is 0 Å². The number of halogens is 3. The number of nitrogens with zero attached hydrogens (tertiary/aromatic N) is 3. The summed E-state index contributed by atoms with van der Waals surface area (Å²) in [6.07, 6.45) is -2.27. The second-order valence-electron chi connectivity index (χ2n) is 7.43. The Kier molecular flexibility index (Phi) is 6.24. The highest BCUT2D eigenvalue weighted by atomic mass is 19.4. The molecule has 2 aromatic heterocycles. The molecule has 0 saturated heterocycles. The van der Waals surface area contributed by atoms with Crippen LogP contribution in [0.1, 0.15) is 59.8 Å². The van der Waals surface area contributed by atoms with Gasteiger partial charge in [0.2, 0.25) is 0 Å². The van der Waals surface area contributed by atoms with Crippen LogP contribution in [0.5, 0.6) is 0 Å². The number of pyridine rings is 1. The Labute approximate surface area is 173 Å². The molecule has 3 rings (SSSR count). The Morgan fingerprint density at radius 1 is 1.07 bits per heavy atom. The van der Waals surface area contributed by atoms with Crippen molar-refractivity contribution in [3.05, 3.63) is 77.2 Å². The minimum Gasteiger partial charge on any atom is -0.351 e. The summed E-state index contributed by atoms with van der Waals surface area (Å²) in [7, 11) is 0. The first kappa shape index (κ1) is 21.5. The number of carbonyl (C=O) groups excluding carboxylic acids is 1. The van der Waals surface area contributed by atoms with Crippen molar-refractivity contribution in [3.8, 4) is 5.82 Å². The van der Waals surface area contributed by atoms with E-state index in [2.05, 4.69) is 15.4 Å². The maximum absolute atomic E-state index is 12.8. The Bertz CT molecular complexity index is 995. The van der Waals surface area contributed by atoms with Crippen LogP contribution in [-0.2, 0) is 6.18 Å². The lowest BCUT2D eigenvalue weighted by atomic mass is 10.0. The van der Waals surface area contributed by atoms with E-state index < -0.39 is 11.7 Å². The highest BCUT2D eigenvalue weighted by Gasteiger charge is 2.31. The predicted molar refractivity (Wildman–Crippen MR) is 108 cm³/mol. The van der Waals surface area contributed by atoms with Gasteiger partial charge in [-0.05, 0) is 29.5 Å². The zero-order chi connectivity index (χ0) is 21.9. The molecule has 1 amide bonds. The topological polar surface area (TPSA) is 59.8 Å². The molecule has 2 heterocycles. The van der Waals surface area contributed by atoms with E-state index in [1.807, 2.05) is 51.1 Å². The SMILES string of the molecule is CC(C)c1c(C(=O)NCC(C)c2ccccc2)cnn1-c1ccc(C(F)(F)F)cn1. The number of benzene rings is 1. The average molecular weight is 416 g/mol. The second kappa shape index (κ2) is 8.69. The monoisotopic (exact) mass is 416 g/mol. The van der Waals surface area contributed by atoms with Gasteiger partial charge in [0, 0.05) is 12.7 Å². The van der Waals surface area contributed by atoms with Crippen molar-refractivity contribution >= 4 is 5.91 Å². The molecule has 0 aliphatic rings. The van der Waals surface area contributed by atoms with Crippen molar-refractivity contribution in [2.24, 2.45) is 0 Å². The maximum atomic E-state index is 12.8. The third-order valence-electron chi connectivity index (χ3n) is 4.83. The summed E-state index contributed by atoms with van der Waals surface area (Å²) in [5.74, 6) is -0.0174. The number of hydrogen-bond acceptors (Lipinski definition) is 3. The molecule has 0 fully saturated rings. The molecule has 0 aliphatic carbocycles. The van der Waals surface area contributed by atoms with E-state index in [9.17, 15) is 18.0 Å². The van der Waals surface area contributed by atoms with Gasteiger partial charge in [0.25, 0.3) is 5.91 Å². The highest BCUT2D eigenvalue weighted by Crippen LogP contribution is 2.29. The van der Waals surface area contributed by atoms with Gasteiger partial charge in [0.15, 0.2) is 5.82 Å². The molecule has 0 aliphatic heterocycles. The van der Waals surface area contributed by atoms with Crippen LogP contribution in [0.25, 0.3) is 5.82 Å². The number of nitrogens with one attached hydrogen (secondary N) is 1. The highest BCUT2D eigenvalue weighted by molar-refractivity contribution is 5.95. The zero-order valence-electron chi connectivity index (χ0n) is 16.9. The van der Waals surface area contributed by atoms with Crippen LogP contribution in [0.4, 0.5) is 13.2 Å². The molecule has 30 heavy (non-hydrogen) atoms. The predicted octanol–water partition coefficient (Wildman–Crippen LogP) is 4.94. The molecule has 1 unspecified atom stereocenters. The molecule has 0 radical (unpaired) electrons. The van der Waals surface area contributed by atoms with E-state index in [4.69, 9.17) is 0 Å². The number of aromatic nitrogens is 3. The van der Waals surface area contributed by atoms with Crippen LogP contribution in [-0.4, -0.2) is 27.2 Å². The fourth-order valence-electron chi connectivity index (χ4n) is 3.19. The van der Waals surface area contributed by atoms with Crippen molar-refractivity contribution in [2.45, 2.75) is 38.8 Å². The van der Waals surface area contributed by atoms with Crippen molar-refractivity contribution in [2.75, 3.05) is 6.54 Å². The lowest BCUT2D eigenvalue weighted by Crippen LogP contribution is -2.28. The van der Waals surface area contributed by atoms with Gasteiger partial charge in [-0.25, -0.2) is 9.67 Å². The van der Waals surface area contributed by atoms with Crippen LogP contribution in [0.2, 0.25) is 0 Å². The molecule has 0 saturated carbocycles. The summed E-state index contributed by atoms with van der Waals surface area (Å²) in [5.41, 5.74) is 1.25. The number of rotatable bonds is 6. The second-order valence-corrected chi connectivity index (χ2v) is 7.43. The lowest BCUT2D eigenvalue weighted by molar-refractivity contribution is -0.137. The van der Waals surface area contributed by atoms with Gasteiger partial charge in [-0.15, -0.1) is 0 Å². The van der Waals surface area contributed by atoms with Gasteiger partial charge in [-0.3, -0.25) is 4.79 Å². The van der Waals surface area contributed by atoms with Gasteiger partial charge >= 0.3 is 6.18 Å². The van der Waals surface area contributed by atoms with Gasteiger partial charge < -0.3 is 5.32 Å². The summed E-state index contributed by atoms with van der Waals surface area (Å²) in [6, 6.07) is 12.1. The number of amides is 1. The minimum atomic E-state index is -4.46. The minimum absolute atomic E-state index is 0.0936. The summed E-state index contributed by atoms with van der Waals surface area (Å²) < 4.78 is 39.8. The molecular formula is C22H23F3N4O. The average Bonchev–Trinajstić information content (AvgIpc) is 3.17. The number of alkyl halides is 3. The van der Waals surface area contributed by atoms with Crippen molar-refractivity contribution in [1.82, 2.24) is 20.1 Å². The Morgan fingerprint density at radius 2 is 1.77 bits per heavy atom. The molecular weight excluding hydrogens is 393 g/mol. The van der Waals surface area contributed by atoms with Gasteiger partial charge in [0.1, 0.15) is 0 Å². The van der Waals surface area contributed by atoms with E-state index in [0.717, 1.165) is 17.8 Å². The zero-order valence-corrected chi connectivity index (χ0v) is 16.9. The van der Waals surface area contributed by atoms with Gasteiger partial charge in [-0.1, -0.05) is 51.1 Å². The fraction of sp³-hybridized carbons (Fsp3) is 0.318. The standard InChI is InChI=1S/C22H23F3N4O/c1-14(2)20-18(21(30)27-11-15(3)16-7-5-4-6-8-16)13-28-29(20)19-10-9-17(12-26-19)22(23,24)25/h4-10,12-15H,11H2,1-3H3,(H,27,30). The van der Waals surface area contributed by atoms with Gasteiger partial charge in [0.05, 0.1) is 23.0 Å². The molecule has 3 aromatic rings. The van der Waals surface area contributed by atoms with Crippen molar-refractivity contribution in [3.63, 3.8) is 0 Å². The number of carbonyl (C=O) groups is 1. The molecule has 8 heteroatoms. The molecule has 1 N–H and O–H groups in total. The Morgan fingerprint density at radius 3 is 2.33 bits per heavy atom. The first-order valence-corrected chi connectivity index (χ1v) is 9.63. The summed E-state index contributed by atoms with van der Waals surface area (Å²) in [5, 5.41) is 7.14. The maximum Gasteiger partial charge on any atom is 0.417 e. The van der Waals surface area contributed by atoms with Crippen molar-refractivity contribution in [1.29, 1.82) is 0 Å². The smallest absolute Gasteiger partial charge is 0.351 e. The lowest BCUT2D eigenvalue weighted by Gasteiger charge is -2.15. The molecule has 0 bridgehead atoms. The Balaban J connectivity index is 1.81. The molecule has 5 nitrogen and oxygen atoms in total. The quantitative estimate of drug-likeness (QED) is 0.619. The third-order valence-corrected chi connectivity index (χ3v) is 4.83. The fourth-order valence-corrected chi connectivity index (χ4v) is 3.19. The largest absolute Gasteiger partial charge is 0.417 e. The van der Waals surface area contributed by atoms with E-state index in [0.29, 0.717) is 17.8 Å². The van der Waals surface area contributed by atoms with Crippen LogP contribution in [0, 0.1) is 0 Å². The molecule has 158 valence electrons. The van der Waals surface area contributed by atoms with E-state index >= 15 is 0 Å². The normalized spacial score (nSPS) is 12.8. The first-order chi connectivity index (χ1) is 14.2. The third kappa shape index (κ3) is 4.69. The summed E-state index contributed by atoms with van der Waals surface area (Å²) in [4.78, 5) is 16.7. The molecule has 0 spiro atoms.